The minimum Gasteiger partial charge on any atom is -0.497 e. The smallest absolute Gasteiger partial charge is 0.226 e. The number of nitrogens with zero attached hydrogens (tertiary/aromatic N) is 2. The van der Waals surface area contributed by atoms with Crippen LogP contribution in [0.25, 0.3) is 5.69 Å². The van der Waals surface area contributed by atoms with E-state index >= 15 is 0 Å². The van der Waals surface area contributed by atoms with Crippen molar-refractivity contribution in [1.29, 1.82) is 0 Å². The van der Waals surface area contributed by atoms with Crippen LogP contribution < -0.4 is 10.1 Å². The molecule has 1 atom stereocenters. The van der Waals surface area contributed by atoms with Crippen molar-refractivity contribution in [3.63, 3.8) is 0 Å². The predicted octanol–water partition coefficient (Wildman–Crippen LogP) is 4.01. The molecule has 0 saturated carbocycles. The van der Waals surface area contributed by atoms with Gasteiger partial charge in [0.15, 0.2) is 0 Å². The Hall–Kier alpha value is -2.79. The van der Waals surface area contributed by atoms with Gasteiger partial charge in [-0.2, -0.15) is 0 Å². The van der Waals surface area contributed by atoms with E-state index in [1.165, 1.54) is 0 Å². The van der Waals surface area contributed by atoms with Crippen molar-refractivity contribution in [3.8, 4) is 11.4 Å². The zero-order valence-electron chi connectivity index (χ0n) is 13.6. The Morgan fingerprint density at radius 1 is 1.24 bits per heavy atom. The third-order valence-electron chi connectivity index (χ3n) is 4.39. The standard InChI is InChI=1S/C19H16ClN3O2/c1-25-13-6-4-5-12(9-13)23-11-21-18-15(10-17(24)22-19(18)23)14-7-2-3-8-16(14)20/h2-9,11,15H,10H2,1H3,(H,22,24)/t15-/m0/s1. The molecule has 0 spiro atoms. The van der Waals surface area contributed by atoms with Gasteiger partial charge in [-0.3, -0.25) is 9.36 Å². The molecule has 0 unspecified atom stereocenters. The molecule has 1 amide bonds. The molecule has 0 fully saturated rings. The zero-order chi connectivity index (χ0) is 17.4. The van der Waals surface area contributed by atoms with Crippen LogP contribution in [0.2, 0.25) is 5.02 Å². The van der Waals surface area contributed by atoms with Crippen LogP contribution in [0.1, 0.15) is 23.6 Å². The number of amides is 1. The molecule has 25 heavy (non-hydrogen) atoms. The summed E-state index contributed by atoms with van der Waals surface area (Å²) in [5, 5.41) is 3.58. The van der Waals surface area contributed by atoms with Crippen molar-refractivity contribution in [2.24, 2.45) is 0 Å². The highest BCUT2D eigenvalue weighted by molar-refractivity contribution is 6.31. The second kappa shape index (κ2) is 6.26. The fraction of sp³-hybridized carbons (Fsp3) is 0.158. The number of aromatic nitrogens is 2. The van der Waals surface area contributed by atoms with E-state index in [-0.39, 0.29) is 11.8 Å². The maximum atomic E-state index is 12.3. The molecule has 0 saturated heterocycles. The molecule has 1 N–H and O–H groups in total. The first kappa shape index (κ1) is 15.7. The molecule has 126 valence electrons. The summed E-state index contributed by atoms with van der Waals surface area (Å²) in [6.07, 6.45) is 2.04. The summed E-state index contributed by atoms with van der Waals surface area (Å²) < 4.78 is 7.15. The second-order valence-corrected chi connectivity index (χ2v) is 6.28. The van der Waals surface area contributed by atoms with Crippen molar-refractivity contribution < 1.29 is 9.53 Å². The van der Waals surface area contributed by atoms with Crippen molar-refractivity contribution >= 4 is 23.3 Å². The number of fused-ring (bicyclic) bond motifs is 1. The molecule has 6 heteroatoms. The molecule has 3 aromatic rings. The topological polar surface area (TPSA) is 56.1 Å². The monoisotopic (exact) mass is 353 g/mol. The molecular formula is C19H16ClN3O2. The predicted molar refractivity (Wildman–Crippen MR) is 96.7 cm³/mol. The molecule has 1 aliphatic rings. The van der Waals surface area contributed by atoms with Crippen LogP contribution in [0.3, 0.4) is 0 Å². The highest BCUT2D eigenvalue weighted by Gasteiger charge is 2.32. The minimum absolute atomic E-state index is 0.0536. The fourth-order valence-electron chi connectivity index (χ4n) is 3.18. The maximum Gasteiger partial charge on any atom is 0.226 e. The first-order valence-corrected chi connectivity index (χ1v) is 8.31. The number of carbonyl (C=O) groups is 1. The Bertz CT molecular complexity index is 951. The lowest BCUT2D eigenvalue weighted by atomic mass is 9.90. The molecule has 0 aliphatic carbocycles. The maximum absolute atomic E-state index is 12.3. The third kappa shape index (κ3) is 2.76. The van der Waals surface area contributed by atoms with Crippen molar-refractivity contribution in [2.75, 3.05) is 12.4 Å². The lowest BCUT2D eigenvalue weighted by Gasteiger charge is -2.24. The highest BCUT2D eigenvalue weighted by atomic mass is 35.5. The number of nitrogens with one attached hydrogen (secondary N) is 1. The Kier molecular flexibility index (Phi) is 3.93. The van der Waals surface area contributed by atoms with Gasteiger partial charge >= 0.3 is 0 Å². The number of ether oxygens (including phenoxy) is 1. The van der Waals surface area contributed by atoms with Gasteiger partial charge in [0.05, 0.1) is 18.5 Å². The Balaban J connectivity index is 1.83. The highest BCUT2D eigenvalue weighted by Crippen LogP contribution is 2.39. The van der Waals surface area contributed by atoms with Crippen LogP contribution >= 0.6 is 11.6 Å². The fourth-order valence-corrected chi connectivity index (χ4v) is 3.45. The van der Waals surface area contributed by atoms with Crippen molar-refractivity contribution in [3.05, 3.63) is 71.1 Å². The Morgan fingerprint density at radius 3 is 2.88 bits per heavy atom. The second-order valence-electron chi connectivity index (χ2n) is 5.88. The number of hydrogen-bond acceptors (Lipinski definition) is 3. The van der Waals surface area contributed by atoms with E-state index in [0.29, 0.717) is 17.3 Å². The van der Waals surface area contributed by atoms with Crippen LogP contribution in [0.4, 0.5) is 5.82 Å². The average Bonchev–Trinajstić information content (AvgIpc) is 3.05. The van der Waals surface area contributed by atoms with Crippen LogP contribution in [0.15, 0.2) is 54.9 Å². The van der Waals surface area contributed by atoms with Crippen LogP contribution in [0, 0.1) is 0 Å². The Labute approximate surface area is 150 Å². The number of anilines is 1. The summed E-state index contributed by atoms with van der Waals surface area (Å²) in [4.78, 5) is 16.9. The summed E-state index contributed by atoms with van der Waals surface area (Å²) in [6, 6.07) is 15.2. The van der Waals surface area contributed by atoms with E-state index in [1.54, 1.807) is 13.4 Å². The van der Waals surface area contributed by atoms with E-state index < -0.39 is 0 Å². The van der Waals surface area contributed by atoms with Crippen molar-refractivity contribution in [2.45, 2.75) is 12.3 Å². The summed E-state index contributed by atoms with van der Waals surface area (Å²) in [7, 11) is 1.62. The molecule has 1 aromatic heterocycles. The Morgan fingerprint density at radius 2 is 2.08 bits per heavy atom. The number of benzene rings is 2. The lowest BCUT2D eigenvalue weighted by molar-refractivity contribution is -0.116. The summed E-state index contributed by atoms with van der Waals surface area (Å²) >= 11 is 6.35. The van der Waals surface area contributed by atoms with E-state index in [9.17, 15) is 4.79 Å². The van der Waals surface area contributed by atoms with Gasteiger partial charge < -0.3 is 10.1 Å². The van der Waals surface area contributed by atoms with Gasteiger partial charge in [0.25, 0.3) is 0 Å². The summed E-state index contributed by atoms with van der Waals surface area (Å²) in [5.74, 6) is 1.20. The van der Waals surface area contributed by atoms with Gasteiger partial charge in [0.2, 0.25) is 5.91 Å². The van der Waals surface area contributed by atoms with E-state index in [1.807, 2.05) is 53.1 Å². The summed E-state index contributed by atoms with van der Waals surface area (Å²) in [5.41, 5.74) is 2.60. The number of methoxy groups -OCH3 is 1. The van der Waals surface area contributed by atoms with Crippen LogP contribution in [0.5, 0.6) is 5.75 Å². The third-order valence-corrected chi connectivity index (χ3v) is 4.73. The molecule has 0 radical (unpaired) electrons. The van der Waals surface area contributed by atoms with Gasteiger partial charge in [-0.05, 0) is 23.8 Å². The number of hydrogen-bond donors (Lipinski definition) is 1. The molecule has 2 heterocycles. The van der Waals surface area contributed by atoms with E-state index in [2.05, 4.69) is 10.3 Å². The first-order valence-electron chi connectivity index (χ1n) is 7.93. The SMILES string of the molecule is COc1cccc(-n2cnc3c2NC(=O)C[C@H]3c2ccccc2Cl)c1. The number of rotatable bonds is 3. The first-order chi connectivity index (χ1) is 12.2. The molecule has 1 aliphatic heterocycles. The van der Waals surface area contributed by atoms with E-state index in [0.717, 1.165) is 22.7 Å². The van der Waals surface area contributed by atoms with Gasteiger partial charge in [-0.1, -0.05) is 35.9 Å². The van der Waals surface area contributed by atoms with Crippen LogP contribution in [-0.4, -0.2) is 22.6 Å². The summed E-state index contributed by atoms with van der Waals surface area (Å²) in [6.45, 7) is 0. The zero-order valence-corrected chi connectivity index (χ0v) is 14.3. The normalized spacial score (nSPS) is 16.2. The quantitative estimate of drug-likeness (QED) is 0.774. The largest absolute Gasteiger partial charge is 0.497 e. The molecule has 2 aromatic carbocycles. The van der Waals surface area contributed by atoms with Crippen molar-refractivity contribution in [1.82, 2.24) is 9.55 Å². The molecule has 0 bridgehead atoms. The lowest BCUT2D eigenvalue weighted by Crippen LogP contribution is -2.25. The number of halogens is 1. The number of imidazole rings is 1. The van der Waals surface area contributed by atoms with Gasteiger partial charge in [-0.25, -0.2) is 4.98 Å². The molecule has 4 rings (SSSR count). The van der Waals surface area contributed by atoms with Gasteiger partial charge in [-0.15, -0.1) is 0 Å². The minimum atomic E-state index is -0.163. The van der Waals surface area contributed by atoms with Gasteiger partial charge in [0, 0.05) is 23.4 Å². The molecule has 5 nitrogen and oxygen atoms in total. The molecular weight excluding hydrogens is 338 g/mol. The number of carbonyl (C=O) groups excluding carboxylic acids is 1. The van der Waals surface area contributed by atoms with Gasteiger partial charge in [0.1, 0.15) is 17.9 Å². The average molecular weight is 354 g/mol. The van der Waals surface area contributed by atoms with Crippen LogP contribution in [-0.2, 0) is 4.79 Å². The van der Waals surface area contributed by atoms with E-state index in [4.69, 9.17) is 16.3 Å².